The lowest BCUT2D eigenvalue weighted by atomic mass is 10.1. The lowest BCUT2D eigenvalue weighted by Gasteiger charge is -2.25. The highest BCUT2D eigenvalue weighted by Gasteiger charge is 2.26. The molecule has 5 rings (SSSR count). The number of anilines is 1. The van der Waals surface area contributed by atoms with Crippen molar-refractivity contribution in [3.05, 3.63) is 84.6 Å². The van der Waals surface area contributed by atoms with Gasteiger partial charge in [-0.25, -0.2) is 4.98 Å². The second-order valence-corrected chi connectivity index (χ2v) is 9.85. The molecule has 1 aliphatic heterocycles. The van der Waals surface area contributed by atoms with Gasteiger partial charge in [0.15, 0.2) is 0 Å². The summed E-state index contributed by atoms with van der Waals surface area (Å²) >= 11 is 0. The monoisotopic (exact) mass is 570 g/mol. The van der Waals surface area contributed by atoms with E-state index >= 15 is 0 Å². The van der Waals surface area contributed by atoms with Crippen LogP contribution in [-0.4, -0.2) is 73.4 Å². The Morgan fingerprint density at radius 3 is 2.29 bits per heavy atom. The lowest BCUT2D eigenvalue weighted by Crippen LogP contribution is -2.42. The van der Waals surface area contributed by atoms with E-state index in [0.29, 0.717) is 41.9 Å². The van der Waals surface area contributed by atoms with Crippen LogP contribution in [0.2, 0.25) is 0 Å². The van der Waals surface area contributed by atoms with Crippen LogP contribution in [0.1, 0.15) is 23.2 Å². The normalized spacial score (nSPS) is 14.3. The maximum absolute atomic E-state index is 13.6. The number of nitrogens with one attached hydrogen (secondary N) is 1. The Morgan fingerprint density at radius 1 is 0.952 bits per heavy atom. The number of ether oxygens (including phenoxy) is 4. The molecular weight excluding hydrogens is 536 g/mol. The van der Waals surface area contributed by atoms with Crippen molar-refractivity contribution < 1.29 is 28.5 Å². The van der Waals surface area contributed by atoms with Gasteiger partial charge in [-0.15, -0.1) is 0 Å². The van der Waals surface area contributed by atoms with E-state index in [4.69, 9.17) is 23.9 Å². The van der Waals surface area contributed by atoms with Crippen LogP contribution in [0.25, 0.3) is 16.9 Å². The maximum Gasteiger partial charge on any atom is 0.254 e. The zero-order valence-electron chi connectivity index (χ0n) is 23.9. The number of nitrogens with zero attached hydrogens (tertiary/aromatic N) is 3. The van der Waals surface area contributed by atoms with Crippen LogP contribution in [-0.2, 0) is 9.53 Å². The van der Waals surface area contributed by atoms with Crippen molar-refractivity contribution in [2.75, 3.05) is 46.3 Å². The molecular formula is C32H34N4O6. The van der Waals surface area contributed by atoms with Gasteiger partial charge in [0.25, 0.3) is 5.91 Å². The van der Waals surface area contributed by atoms with Gasteiger partial charge < -0.3 is 23.8 Å². The molecule has 0 spiro atoms. The van der Waals surface area contributed by atoms with Crippen molar-refractivity contribution in [3.63, 3.8) is 0 Å². The Morgan fingerprint density at radius 2 is 1.64 bits per heavy atom. The van der Waals surface area contributed by atoms with Crippen LogP contribution >= 0.6 is 0 Å². The first kappa shape index (κ1) is 28.7. The summed E-state index contributed by atoms with van der Waals surface area (Å²) in [5.74, 6) is 1.66. The molecule has 4 aromatic rings. The van der Waals surface area contributed by atoms with Gasteiger partial charge in [0.1, 0.15) is 23.8 Å². The quantitative estimate of drug-likeness (QED) is 0.276. The van der Waals surface area contributed by atoms with Crippen molar-refractivity contribution in [3.8, 4) is 34.2 Å². The number of carbonyl (C=O) groups is 2. The number of hydrogen-bond donors (Lipinski definition) is 1. The minimum absolute atomic E-state index is 0.129. The Bertz CT molecular complexity index is 1510. The molecule has 0 saturated carbocycles. The summed E-state index contributed by atoms with van der Waals surface area (Å²) < 4.78 is 23.5. The van der Waals surface area contributed by atoms with Gasteiger partial charge in [-0.3, -0.25) is 19.5 Å². The summed E-state index contributed by atoms with van der Waals surface area (Å²) in [5, 5.41) is 2.93. The molecule has 0 bridgehead atoms. The van der Waals surface area contributed by atoms with Gasteiger partial charge in [-0.1, -0.05) is 6.07 Å². The lowest BCUT2D eigenvalue weighted by molar-refractivity contribution is -0.117. The van der Waals surface area contributed by atoms with Crippen molar-refractivity contribution in [2.24, 2.45) is 0 Å². The number of methoxy groups -OCH3 is 3. The number of aromatic nitrogens is 2. The minimum atomic E-state index is -0.383. The van der Waals surface area contributed by atoms with Crippen molar-refractivity contribution in [1.82, 2.24) is 14.5 Å². The third kappa shape index (κ3) is 6.72. The number of benzene rings is 3. The summed E-state index contributed by atoms with van der Waals surface area (Å²) in [7, 11) is 4.77. The summed E-state index contributed by atoms with van der Waals surface area (Å²) in [6.45, 7) is 0.766. The van der Waals surface area contributed by atoms with Gasteiger partial charge in [0.05, 0.1) is 33.1 Å². The van der Waals surface area contributed by atoms with Crippen LogP contribution < -0.4 is 19.5 Å². The van der Waals surface area contributed by atoms with Gasteiger partial charge in [0.2, 0.25) is 11.9 Å². The fourth-order valence-electron chi connectivity index (χ4n) is 4.84. The van der Waals surface area contributed by atoms with Crippen molar-refractivity contribution in [1.29, 1.82) is 0 Å². The molecule has 2 amide bonds. The molecule has 1 aromatic heterocycles. The fourth-order valence-corrected chi connectivity index (χ4v) is 4.84. The second kappa shape index (κ2) is 13.2. The third-order valence-corrected chi connectivity index (χ3v) is 7.08. The van der Waals surface area contributed by atoms with Crippen molar-refractivity contribution in [2.45, 2.75) is 18.9 Å². The third-order valence-electron chi connectivity index (χ3n) is 7.08. The molecule has 10 nitrogen and oxygen atoms in total. The van der Waals surface area contributed by atoms with E-state index in [-0.39, 0.29) is 24.5 Å². The molecule has 218 valence electrons. The summed E-state index contributed by atoms with van der Waals surface area (Å²) in [4.78, 5) is 33.3. The van der Waals surface area contributed by atoms with E-state index in [1.54, 1.807) is 50.2 Å². The zero-order valence-corrected chi connectivity index (χ0v) is 23.9. The maximum atomic E-state index is 13.6. The molecule has 1 N–H and O–H groups in total. The Labute approximate surface area is 244 Å². The predicted octanol–water partition coefficient (Wildman–Crippen LogP) is 4.83. The van der Waals surface area contributed by atoms with E-state index < -0.39 is 0 Å². The zero-order chi connectivity index (χ0) is 29.5. The van der Waals surface area contributed by atoms with Gasteiger partial charge >= 0.3 is 0 Å². The summed E-state index contributed by atoms with van der Waals surface area (Å²) in [6, 6.07) is 21.9. The summed E-state index contributed by atoms with van der Waals surface area (Å²) in [6.07, 6.45) is 3.47. The Hall–Kier alpha value is -4.83. The first-order chi connectivity index (χ1) is 20.5. The average molecular weight is 571 g/mol. The minimum Gasteiger partial charge on any atom is -0.497 e. The smallest absolute Gasteiger partial charge is 0.254 e. The Kier molecular flexibility index (Phi) is 9.03. The van der Waals surface area contributed by atoms with E-state index in [2.05, 4.69) is 5.32 Å². The van der Waals surface area contributed by atoms with Crippen LogP contribution in [0.5, 0.6) is 17.2 Å². The second-order valence-electron chi connectivity index (χ2n) is 9.85. The SMILES string of the molecule is COc1ccc(-c2cn(-c3ccc(OC)cc3)c(NC(=O)CN(C[C@@H]3CCCO3)C(=O)c3cccc(OC)c3)n2)cc1. The van der Waals surface area contributed by atoms with Gasteiger partial charge in [0, 0.05) is 36.2 Å². The standard InChI is InChI=1S/C32H34N4O6/c1-39-25-13-9-22(10-14-25)29-20-36(24-11-15-26(40-2)16-12-24)32(33-29)34-30(37)21-35(19-28-8-5-17-42-28)31(38)23-6-4-7-27(18-23)41-3/h4,6-7,9-16,18,20,28H,5,8,17,19,21H2,1-3H3,(H,33,34,37)/t28-/m0/s1. The van der Waals surface area contributed by atoms with E-state index in [1.807, 2.05) is 54.7 Å². The molecule has 42 heavy (non-hydrogen) atoms. The first-order valence-corrected chi connectivity index (χ1v) is 13.7. The summed E-state index contributed by atoms with van der Waals surface area (Å²) in [5.41, 5.74) is 2.72. The topological polar surface area (TPSA) is 104 Å². The molecule has 0 unspecified atom stereocenters. The predicted molar refractivity (Wildman–Crippen MR) is 159 cm³/mol. The highest BCUT2D eigenvalue weighted by molar-refractivity contribution is 5.99. The average Bonchev–Trinajstić information content (AvgIpc) is 3.70. The molecule has 1 saturated heterocycles. The molecule has 1 aliphatic rings. The van der Waals surface area contributed by atoms with E-state index in [9.17, 15) is 9.59 Å². The number of carbonyl (C=O) groups excluding carboxylic acids is 2. The van der Waals surface area contributed by atoms with Crippen LogP contribution in [0, 0.1) is 0 Å². The van der Waals surface area contributed by atoms with E-state index in [0.717, 1.165) is 29.8 Å². The highest BCUT2D eigenvalue weighted by Crippen LogP contribution is 2.27. The molecule has 3 aromatic carbocycles. The number of imidazole rings is 1. The number of hydrogen-bond acceptors (Lipinski definition) is 7. The van der Waals surface area contributed by atoms with E-state index in [1.165, 1.54) is 4.90 Å². The first-order valence-electron chi connectivity index (χ1n) is 13.7. The van der Waals surface area contributed by atoms with Crippen LogP contribution in [0.4, 0.5) is 5.95 Å². The molecule has 0 aliphatic carbocycles. The molecule has 1 fully saturated rings. The fraction of sp³-hybridized carbons (Fsp3) is 0.281. The van der Waals surface area contributed by atoms with Crippen molar-refractivity contribution >= 4 is 17.8 Å². The number of rotatable bonds is 11. The molecule has 10 heteroatoms. The van der Waals surface area contributed by atoms with Gasteiger partial charge in [-0.05, 0) is 79.6 Å². The largest absolute Gasteiger partial charge is 0.497 e. The van der Waals surface area contributed by atoms with Crippen LogP contribution in [0.15, 0.2) is 79.0 Å². The van der Waals surface area contributed by atoms with Gasteiger partial charge in [-0.2, -0.15) is 0 Å². The Balaban J connectivity index is 1.42. The van der Waals surface area contributed by atoms with Crippen LogP contribution in [0.3, 0.4) is 0 Å². The highest BCUT2D eigenvalue weighted by atomic mass is 16.5. The number of amides is 2. The molecule has 1 atom stereocenters. The molecule has 0 radical (unpaired) electrons. The molecule has 2 heterocycles.